The fourth-order valence-electron chi connectivity index (χ4n) is 2.66. The molecule has 0 fully saturated rings. The first-order valence-electron chi connectivity index (χ1n) is 7.44. The second-order valence-electron chi connectivity index (χ2n) is 5.58. The van der Waals surface area contributed by atoms with Gasteiger partial charge in [0.1, 0.15) is 0 Å². The lowest BCUT2D eigenvalue weighted by molar-refractivity contribution is -0.137. The molecule has 0 aliphatic carbocycles. The molecule has 0 aliphatic rings. The molecule has 0 saturated carbocycles. The Bertz CT molecular complexity index is 500. The Morgan fingerprint density at radius 1 is 1.19 bits per heavy atom. The first kappa shape index (κ1) is 17.4. The van der Waals surface area contributed by atoms with Crippen LogP contribution in [0.2, 0.25) is 0 Å². The Morgan fingerprint density at radius 2 is 1.76 bits per heavy atom. The van der Waals surface area contributed by atoms with Gasteiger partial charge >= 0.3 is 5.97 Å². The summed E-state index contributed by atoms with van der Waals surface area (Å²) in [7, 11) is 0. The van der Waals surface area contributed by atoms with E-state index in [1.807, 2.05) is 39.8 Å². The summed E-state index contributed by atoms with van der Waals surface area (Å²) in [5.41, 5.74) is 3.76. The number of aryl methyl sites for hydroxylation is 3. The van der Waals surface area contributed by atoms with Crippen molar-refractivity contribution in [3.8, 4) is 0 Å². The number of carboxylic acid groups (broad SMARTS) is 1. The molecule has 1 rings (SSSR count). The molecule has 4 nitrogen and oxygen atoms in total. The molecule has 0 amide bonds. The average molecular weight is 291 g/mol. The molecule has 1 aromatic rings. The molecule has 0 aromatic heterocycles. The third-order valence-electron chi connectivity index (χ3n) is 3.53. The quantitative estimate of drug-likeness (QED) is 0.723. The molecule has 2 N–H and O–H groups in total. The molecule has 0 radical (unpaired) electrons. The summed E-state index contributed by atoms with van der Waals surface area (Å²) in [6.07, 6.45) is 1.22. The monoisotopic (exact) mass is 291 g/mol. The van der Waals surface area contributed by atoms with Crippen molar-refractivity contribution in [2.24, 2.45) is 0 Å². The zero-order chi connectivity index (χ0) is 16.0. The van der Waals surface area contributed by atoms with Gasteiger partial charge in [0.25, 0.3) is 0 Å². The maximum Gasteiger partial charge on any atom is 0.303 e. The molecule has 1 aromatic carbocycles. The molecule has 0 aliphatic heterocycles. The van der Waals surface area contributed by atoms with E-state index in [9.17, 15) is 9.59 Å². The predicted molar refractivity (Wildman–Crippen MR) is 83.9 cm³/mol. The van der Waals surface area contributed by atoms with Crippen LogP contribution in [0.1, 0.15) is 53.2 Å². The lowest BCUT2D eigenvalue weighted by Crippen LogP contribution is -2.38. The third kappa shape index (κ3) is 4.97. The third-order valence-corrected chi connectivity index (χ3v) is 3.53. The van der Waals surface area contributed by atoms with Gasteiger partial charge < -0.3 is 10.4 Å². The molecular formula is C17H25NO3. The molecule has 21 heavy (non-hydrogen) atoms. The van der Waals surface area contributed by atoms with Gasteiger partial charge in [-0.3, -0.25) is 9.59 Å². The summed E-state index contributed by atoms with van der Waals surface area (Å²) in [5, 5.41) is 12.0. The van der Waals surface area contributed by atoms with Crippen LogP contribution in [0.4, 0.5) is 0 Å². The highest BCUT2D eigenvalue weighted by Gasteiger charge is 2.23. The number of Topliss-reactive ketones (excluding diaryl/α,β-unsaturated/α-hetero) is 1. The van der Waals surface area contributed by atoms with Gasteiger partial charge in [0.15, 0.2) is 5.78 Å². The van der Waals surface area contributed by atoms with Crippen LogP contribution < -0.4 is 5.32 Å². The fourth-order valence-corrected chi connectivity index (χ4v) is 2.66. The van der Waals surface area contributed by atoms with E-state index in [0.29, 0.717) is 13.0 Å². The van der Waals surface area contributed by atoms with Crippen LogP contribution in [0, 0.1) is 20.8 Å². The van der Waals surface area contributed by atoms with Crippen molar-refractivity contribution in [2.45, 2.75) is 53.0 Å². The standard InChI is InChI=1S/C17H25NO3/c1-5-8-18-14(6-7-15(19)20)17(21)16-12(3)9-11(2)10-13(16)4/h9-10,14,18H,5-8H2,1-4H3,(H,19,20). The number of nitrogens with one attached hydrogen (secondary N) is 1. The largest absolute Gasteiger partial charge is 0.481 e. The summed E-state index contributed by atoms with van der Waals surface area (Å²) in [5.74, 6) is -0.872. The average Bonchev–Trinajstić information content (AvgIpc) is 2.37. The lowest BCUT2D eigenvalue weighted by Gasteiger charge is -2.19. The molecule has 1 unspecified atom stereocenters. The van der Waals surface area contributed by atoms with Gasteiger partial charge in [-0.25, -0.2) is 0 Å². The first-order valence-corrected chi connectivity index (χ1v) is 7.44. The maximum absolute atomic E-state index is 12.8. The number of hydrogen-bond donors (Lipinski definition) is 2. The van der Waals surface area contributed by atoms with Crippen LogP contribution in [-0.4, -0.2) is 29.4 Å². The molecule has 0 saturated heterocycles. The fraction of sp³-hybridized carbons (Fsp3) is 0.529. The Morgan fingerprint density at radius 3 is 2.24 bits per heavy atom. The molecular weight excluding hydrogens is 266 g/mol. The highest BCUT2D eigenvalue weighted by molar-refractivity contribution is 6.02. The van der Waals surface area contributed by atoms with Gasteiger partial charge in [-0.1, -0.05) is 24.6 Å². The Balaban J connectivity index is 3.01. The van der Waals surface area contributed by atoms with E-state index in [2.05, 4.69) is 5.32 Å². The first-order chi connectivity index (χ1) is 9.86. The summed E-state index contributed by atoms with van der Waals surface area (Å²) in [6.45, 7) is 8.60. The minimum atomic E-state index is -0.872. The normalized spacial score (nSPS) is 12.2. The number of hydrogen-bond acceptors (Lipinski definition) is 3. The van der Waals surface area contributed by atoms with Gasteiger partial charge in [-0.15, -0.1) is 0 Å². The van der Waals surface area contributed by atoms with Gasteiger partial charge in [0, 0.05) is 12.0 Å². The molecule has 0 heterocycles. The number of benzene rings is 1. The van der Waals surface area contributed by atoms with Crippen molar-refractivity contribution in [1.82, 2.24) is 5.32 Å². The van der Waals surface area contributed by atoms with E-state index in [1.165, 1.54) is 0 Å². The summed E-state index contributed by atoms with van der Waals surface area (Å²) >= 11 is 0. The van der Waals surface area contributed by atoms with Crippen LogP contribution in [0.5, 0.6) is 0 Å². The van der Waals surface area contributed by atoms with E-state index in [4.69, 9.17) is 5.11 Å². The van der Waals surface area contributed by atoms with Crippen molar-refractivity contribution in [3.63, 3.8) is 0 Å². The van der Waals surface area contributed by atoms with E-state index in [-0.39, 0.29) is 12.2 Å². The summed E-state index contributed by atoms with van der Waals surface area (Å²) < 4.78 is 0. The van der Waals surface area contributed by atoms with Gasteiger partial charge in [-0.05, 0) is 51.3 Å². The Labute approximate surface area is 126 Å². The smallest absolute Gasteiger partial charge is 0.303 e. The molecule has 0 bridgehead atoms. The minimum absolute atomic E-state index is 0.000278. The predicted octanol–water partition coefficient (Wildman–Crippen LogP) is 3.03. The lowest BCUT2D eigenvalue weighted by atomic mass is 9.91. The molecule has 4 heteroatoms. The minimum Gasteiger partial charge on any atom is -0.481 e. The van der Waals surface area contributed by atoms with Gasteiger partial charge in [-0.2, -0.15) is 0 Å². The maximum atomic E-state index is 12.8. The molecule has 116 valence electrons. The highest BCUT2D eigenvalue weighted by Crippen LogP contribution is 2.19. The number of carboxylic acids is 1. The zero-order valence-corrected chi connectivity index (χ0v) is 13.3. The van der Waals surface area contributed by atoms with Crippen molar-refractivity contribution < 1.29 is 14.7 Å². The number of carbonyl (C=O) groups is 2. The van der Waals surface area contributed by atoms with Gasteiger partial charge in [0.05, 0.1) is 6.04 Å². The number of rotatable bonds is 8. The summed E-state index contributed by atoms with van der Waals surface area (Å²) in [6, 6.07) is 3.56. The van der Waals surface area contributed by atoms with E-state index < -0.39 is 12.0 Å². The second-order valence-corrected chi connectivity index (χ2v) is 5.58. The number of ketones is 1. The number of carbonyl (C=O) groups excluding carboxylic acids is 1. The van der Waals surface area contributed by atoms with E-state index in [0.717, 1.165) is 28.7 Å². The highest BCUT2D eigenvalue weighted by atomic mass is 16.4. The zero-order valence-electron chi connectivity index (χ0n) is 13.3. The van der Waals surface area contributed by atoms with Crippen LogP contribution in [0.25, 0.3) is 0 Å². The number of aliphatic carboxylic acids is 1. The van der Waals surface area contributed by atoms with Crippen LogP contribution in [-0.2, 0) is 4.79 Å². The van der Waals surface area contributed by atoms with Crippen molar-refractivity contribution in [1.29, 1.82) is 0 Å². The Kier molecular flexibility index (Phi) is 6.56. The van der Waals surface area contributed by atoms with Crippen molar-refractivity contribution in [2.75, 3.05) is 6.54 Å². The van der Waals surface area contributed by atoms with E-state index in [1.54, 1.807) is 0 Å². The van der Waals surface area contributed by atoms with Crippen LogP contribution in [0.15, 0.2) is 12.1 Å². The molecule has 0 spiro atoms. The summed E-state index contributed by atoms with van der Waals surface area (Å²) in [4.78, 5) is 23.5. The van der Waals surface area contributed by atoms with Crippen LogP contribution in [0.3, 0.4) is 0 Å². The topological polar surface area (TPSA) is 66.4 Å². The van der Waals surface area contributed by atoms with Gasteiger partial charge in [0.2, 0.25) is 0 Å². The van der Waals surface area contributed by atoms with E-state index >= 15 is 0 Å². The van der Waals surface area contributed by atoms with Crippen LogP contribution >= 0.6 is 0 Å². The van der Waals surface area contributed by atoms with Crippen molar-refractivity contribution >= 4 is 11.8 Å². The van der Waals surface area contributed by atoms with Crippen molar-refractivity contribution in [3.05, 3.63) is 34.4 Å². The SMILES string of the molecule is CCCNC(CCC(=O)O)C(=O)c1c(C)cc(C)cc1C. The second kappa shape index (κ2) is 7.93. The molecule has 1 atom stereocenters. The Hall–Kier alpha value is -1.68.